The highest BCUT2D eigenvalue weighted by Crippen LogP contribution is 2.10. The average molecular weight is 254 g/mol. The Labute approximate surface area is 100 Å². The number of methoxy groups -OCH3 is 1. The molecule has 1 aromatic heterocycles. The molecule has 0 amide bonds. The van der Waals surface area contributed by atoms with Gasteiger partial charge in [-0.05, 0) is 5.56 Å². The first-order valence-electron chi connectivity index (χ1n) is 5.22. The molecule has 1 aliphatic heterocycles. The summed E-state index contributed by atoms with van der Waals surface area (Å²) in [4.78, 5) is 4.07. The maximum atomic E-state index is 11.2. The van der Waals surface area contributed by atoms with Crippen LogP contribution in [0.1, 0.15) is 5.56 Å². The van der Waals surface area contributed by atoms with Crippen LogP contribution in [0.5, 0.6) is 5.88 Å². The van der Waals surface area contributed by atoms with Gasteiger partial charge >= 0.3 is 0 Å². The van der Waals surface area contributed by atoms with Crippen molar-refractivity contribution >= 4 is 9.84 Å². The number of nitrogens with one attached hydrogen (secondary N) is 1. The number of sulfone groups is 1. The Morgan fingerprint density at radius 1 is 1.53 bits per heavy atom. The molecular weight excluding hydrogens is 240 g/mol. The van der Waals surface area contributed by atoms with Crippen molar-refractivity contribution in [1.29, 1.82) is 0 Å². The van der Waals surface area contributed by atoms with E-state index in [-0.39, 0.29) is 11.8 Å². The van der Waals surface area contributed by atoms with Gasteiger partial charge in [-0.1, -0.05) is 12.1 Å². The van der Waals surface area contributed by atoms with Crippen LogP contribution in [0.2, 0.25) is 0 Å². The van der Waals surface area contributed by atoms with E-state index >= 15 is 0 Å². The lowest BCUT2D eigenvalue weighted by Crippen LogP contribution is -2.29. The third-order valence-corrected chi connectivity index (χ3v) is 3.90. The fourth-order valence-electron chi connectivity index (χ4n) is 1.59. The Morgan fingerprint density at radius 3 is 2.88 bits per heavy atom. The first kappa shape index (κ1) is 12.1. The van der Waals surface area contributed by atoms with Gasteiger partial charge in [0, 0.05) is 30.3 Å². The zero-order valence-corrected chi connectivity index (χ0v) is 10.3. The van der Waals surface area contributed by atoms with Crippen molar-refractivity contribution in [3.8, 4) is 5.88 Å². The van der Waals surface area contributed by atoms with E-state index in [4.69, 9.17) is 4.74 Å². The predicted octanol–water partition coefficient (Wildman–Crippen LogP) is 0.491. The fourth-order valence-corrected chi connectivity index (χ4v) is 2.86. The molecule has 5 nitrogen and oxygen atoms in total. The Morgan fingerprint density at radius 2 is 2.35 bits per heavy atom. The molecule has 1 aromatic rings. The standard InChI is InChI=1S/C11H14N2O3S/c1-16-11-3-2-9(7-13-11)6-12-10-4-5-17(14,15)8-10/h2-5,7,10,12H,6,8H2,1H3. The largest absolute Gasteiger partial charge is 0.481 e. The van der Waals surface area contributed by atoms with Gasteiger partial charge in [0.05, 0.1) is 12.9 Å². The van der Waals surface area contributed by atoms with Gasteiger partial charge in [0.25, 0.3) is 0 Å². The second kappa shape index (κ2) is 4.85. The molecule has 0 fully saturated rings. The van der Waals surface area contributed by atoms with Gasteiger partial charge in [0.2, 0.25) is 5.88 Å². The van der Waals surface area contributed by atoms with E-state index in [9.17, 15) is 8.42 Å². The molecular formula is C11H14N2O3S. The third kappa shape index (κ3) is 3.28. The van der Waals surface area contributed by atoms with E-state index in [2.05, 4.69) is 10.3 Å². The Balaban J connectivity index is 1.88. The number of hydrogen-bond acceptors (Lipinski definition) is 5. The second-order valence-corrected chi connectivity index (χ2v) is 5.79. The van der Waals surface area contributed by atoms with Crippen LogP contribution in [-0.2, 0) is 16.4 Å². The van der Waals surface area contributed by atoms with Crippen molar-refractivity contribution < 1.29 is 13.2 Å². The molecule has 0 spiro atoms. The van der Waals surface area contributed by atoms with Gasteiger partial charge < -0.3 is 10.1 Å². The van der Waals surface area contributed by atoms with Gasteiger partial charge in [-0.15, -0.1) is 0 Å². The lowest BCUT2D eigenvalue weighted by atomic mass is 10.2. The van der Waals surface area contributed by atoms with Crippen molar-refractivity contribution in [1.82, 2.24) is 10.3 Å². The molecule has 1 atom stereocenters. The molecule has 1 aliphatic rings. The number of aromatic nitrogens is 1. The number of rotatable bonds is 4. The smallest absolute Gasteiger partial charge is 0.212 e. The molecule has 0 saturated heterocycles. The highest BCUT2D eigenvalue weighted by Gasteiger charge is 2.20. The molecule has 2 rings (SSSR count). The minimum absolute atomic E-state index is 0.109. The summed E-state index contributed by atoms with van der Waals surface area (Å²) in [6.45, 7) is 0.585. The zero-order valence-electron chi connectivity index (χ0n) is 9.46. The maximum absolute atomic E-state index is 11.2. The molecule has 0 aliphatic carbocycles. The van der Waals surface area contributed by atoms with Crippen molar-refractivity contribution in [3.63, 3.8) is 0 Å². The van der Waals surface area contributed by atoms with Gasteiger partial charge in [0.15, 0.2) is 9.84 Å². The Hall–Kier alpha value is -1.40. The molecule has 6 heteroatoms. The lowest BCUT2D eigenvalue weighted by molar-refractivity contribution is 0.397. The van der Waals surface area contributed by atoms with Gasteiger partial charge in [-0.2, -0.15) is 0 Å². The van der Waals surface area contributed by atoms with Crippen LogP contribution in [0.25, 0.3) is 0 Å². The van der Waals surface area contributed by atoms with E-state index in [0.717, 1.165) is 5.56 Å². The van der Waals surface area contributed by atoms with E-state index in [1.54, 1.807) is 25.4 Å². The molecule has 92 valence electrons. The summed E-state index contributed by atoms with van der Waals surface area (Å²) in [6.07, 6.45) is 3.38. The average Bonchev–Trinajstić information content (AvgIpc) is 2.67. The van der Waals surface area contributed by atoms with Crippen LogP contribution < -0.4 is 10.1 Å². The van der Waals surface area contributed by atoms with Crippen LogP contribution in [-0.4, -0.2) is 32.3 Å². The maximum Gasteiger partial charge on any atom is 0.212 e. The monoisotopic (exact) mass is 254 g/mol. The van der Waals surface area contributed by atoms with Crippen molar-refractivity contribution in [2.75, 3.05) is 12.9 Å². The summed E-state index contributed by atoms with van der Waals surface area (Å²) < 4.78 is 27.3. The van der Waals surface area contributed by atoms with Crippen LogP contribution >= 0.6 is 0 Å². The number of pyridine rings is 1. The van der Waals surface area contributed by atoms with E-state index in [1.807, 2.05) is 6.07 Å². The van der Waals surface area contributed by atoms with Crippen molar-refractivity contribution in [3.05, 3.63) is 35.4 Å². The number of ether oxygens (including phenoxy) is 1. The first-order chi connectivity index (χ1) is 8.09. The minimum Gasteiger partial charge on any atom is -0.481 e. The first-order valence-corrected chi connectivity index (χ1v) is 6.94. The van der Waals surface area contributed by atoms with Crippen LogP contribution in [0.4, 0.5) is 0 Å². The summed E-state index contributed by atoms with van der Waals surface area (Å²) in [6, 6.07) is 3.56. The van der Waals surface area contributed by atoms with Crippen LogP contribution in [0.15, 0.2) is 29.8 Å². The molecule has 0 bridgehead atoms. The highest BCUT2D eigenvalue weighted by molar-refractivity contribution is 7.94. The third-order valence-electron chi connectivity index (χ3n) is 2.51. The number of hydrogen-bond donors (Lipinski definition) is 1. The second-order valence-electron chi connectivity index (χ2n) is 3.85. The fraction of sp³-hybridized carbons (Fsp3) is 0.364. The van der Waals surface area contributed by atoms with Crippen molar-refractivity contribution in [2.45, 2.75) is 12.6 Å². The number of nitrogens with zero attached hydrogens (tertiary/aromatic N) is 1. The van der Waals surface area contributed by atoms with Crippen LogP contribution in [0.3, 0.4) is 0 Å². The highest BCUT2D eigenvalue weighted by atomic mass is 32.2. The predicted molar refractivity (Wildman–Crippen MR) is 64.3 cm³/mol. The molecule has 0 aromatic carbocycles. The lowest BCUT2D eigenvalue weighted by Gasteiger charge is -2.09. The zero-order chi connectivity index (χ0) is 12.3. The minimum atomic E-state index is -2.99. The summed E-state index contributed by atoms with van der Waals surface area (Å²) in [5.74, 6) is 0.702. The molecule has 1 N–H and O–H groups in total. The van der Waals surface area contributed by atoms with E-state index < -0.39 is 9.84 Å². The quantitative estimate of drug-likeness (QED) is 0.847. The topological polar surface area (TPSA) is 68.3 Å². The molecule has 0 saturated carbocycles. The van der Waals surface area contributed by atoms with E-state index in [1.165, 1.54) is 5.41 Å². The molecule has 17 heavy (non-hydrogen) atoms. The molecule has 1 unspecified atom stereocenters. The van der Waals surface area contributed by atoms with Gasteiger partial charge in [-0.25, -0.2) is 13.4 Å². The molecule has 2 heterocycles. The molecule has 0 radical (unpaired) electrons. The normalized spacial score (nSPS) is 21.6. The van der Waals surface area contributed by atoms with Crippen molar-refractivity contribution in [2.24, 2.45) is 0 Å². The van der Waals surface area contributed by atoms with Gasteiger partial charge in [-0.3, -0.25) is 0 Å². The summed E-state index contributed by atoms with van der Waals surface area (Å²) >= 11 is 0. The summed E-state index contributed by atoms with van der Waals surface area (Å²) in [7, 11) is -1.43. The summed E-state index contributed by atoms with van der Waals surface area (Å²) in [5.41, 5.74) is 0.989. The van der Waals surface area contributed by atoms with Gasteiger partial charge in [0.1, 0.15) is 0 Å². The summed E-state index contributed by atoms with van der Waals surface area (Å²) in [5, 5.41) is 4.41. The van der Waals surface area contributed by atoms with Crippen LogP contribution in [0, 0.1) is 0 Å². The Kier molecular flexibility index (Phi) is 3.44. The Bertz CT molecular complexity index is 508. The van der Waals surface area contributed by atoms with E-state index in [0.29, 0.717) is 12.4 Å². The SMILES string of the molecule is COc1ccc(CNC2C=CS(=O)(=O)C2)cn1.